The third-order valence-corrected chi connectivity index (χ3v) is 4.43. The second-order valence-corrected chi connectivity index (χ2v) is 6.56. The van der Waals surface area contributed by atoms with Crippen molar-refractivity contribution in [3.8, 4) is 0 Å². The molecule has 0 aliphatic carbocycles. The number of benzene rings is 3. The zero-order chi connectivity index (χ0) is 19.9. The Morgan fingerprint density at radius 3 is 2.29 bits per heavy atom. The molecule has 1 N–H and O–H groups in total. The molecule has 3 rings (SSSR count). The fraction of sp³-hybridized carbons (Fsp3) is 0.174. The molecule has 3 aromatic carbocycles. The Morgan fingerprint density at radius 2 is 1.57 bits per heavy atom. The third-order valence-electron chi connectivity index (χ3n) is 4.43. The van der Waals surface area contributed by atoms with Crippen LogP contribution >= 0.6 is 0 Å². The molecule has 1 atom stereocenters. The van der Waals surface area contributed by atoms with Crippen LogP contribution in [0.3, 0.4) is 0 Å². The molecule has 0 heterocycles. The van der Waals surface area contributed by atoms with Gasteiger partial charge in [-0.25, -0.2) is 4.79 Å². The summed E-state index contributed by atoms with van der Waals surface area (Å²) < 4.78 is 5.11. The normalized spacial score (nSPS) is 11.6. The minimum absolute atomic E-state index is 0.155. The van der Waals surface area contributed by atoms with Gasteiger partial charge in [-0.3, -0.25) is 9.59 Å². The van der Waals surface area contributed by atoms with Crippen LogP contribution in [0.2, 0.25) is 0 Å². The molecule has 0 bridgehead atoms. The summed E-state index contributed by atoms with van der Waals surface area (Å²) in [5.74, 6) is -1.24. The fourth-order valence-electron chi connectivity index (χ4n) is 2.91. The topological polar surface area (TPSA) is 72.5 Å². The second kappa shape index (κ2) is 8.95. The van der Waals surface area contributed by atoms with Crippen LogP contribution in [0.15, 0.2) is 72.8 Å². The highest BCUT2D eigenvalue weighted by atomic mass is 16.5. The second-order valence-electron chi connectivity index (χ2n) is 6.56. The van der Waals surface area contributed by atoms with Crippen molar-refractivity contribution in [3.63, 3.8) is 0 Å². The van der Waals surface area contributed by atoms with Crippen molar-refractivity contribution in [1.82, 2.24) is 5.32 Å². The van der Waals surface area contributed by atoms with Crippen LogP contribution in [0.4, 0.5) is 0 Å². The minimum atomic E-state index is -0.658. The fourth-order valence-corrected chi connectivity index (χ4v) is 2.91. The van der Waals surface area contributed by atoms with Gasteiger partial charge in [0.2, 0.25) is 0 Å². The van der Waals surface area contributed by atoms with Gasteiger partial charge in [0.15, 0.2) is 12.4 Å². The van der Waals surface area contributed by atoms with E-state index in [9.17, 15) is 14.4 Å². The lowest BCUT2D eigenvalue weighted by atomic mass is 10.0. The molecule has 0 saturated carbocycles. The molecule has 0 radical (unpaired) electrons. The third kappa shape index (κ3) is 5.04. The lowest BCUT2D eigenvalue weighted by molar-refractivity contribution is -0.128. The van der Waals surface area contributed by atoms with E-state index in [1.54, 1.807) is 12.1 Å². The summed E-state index contributed by atoms with van der Waals surface area (Å²) in [6.07, 6.45) is 0.389. The van der Waals surface area contributed by atoms with Crippen LogP contribution in [-0.4, -0.2) is 30.3 Å². The van der Waals surface area contributed by atoms with E-state index in [0.29, 0.717) is 12.0 Å². The molecule has 0 fully saturated rings. The first-order chi connectivity index (χ1) is 13.5. The number of ketones is 1. The summed E-state index contributed by atoms with van der Waals surface area (Å²) in [6, 6.07) is 21.6. The highest BCUT2D eigenvalue weighted by Gasteiger charge is 2.19. The predicted molar refractivity (Wildman–Crippen MR) is 107 cm³/mol. The molecule has 0 aliphatic heterocycles. The van der Waals surface area contributed by atoms with Gasteiger partial charge < -0.3 is 10.1 Å². The molecule has 3 aromatic rings. The number of esters is 1. The van der Waals surface area contributed by atoms with Gasteiger partial charge >= 0.3 is 5.97 Å². The van der Waals surface area contributed by atoms with Crippen LogP contribution in [-0.2, 0) is 20.7 Å². The molecule has 0 saturated heterocycles. The Kier molecular flexibility index (Phi) is 6.17. The van der Waals surface area contributed by atoms with Crippen molar-refractivity contribution in [1.29, 1.82) is 0 Å². The molecule has 1 amide bonds. The molecule has 0 unspecified atom stereocenters. The average molecular weight is 375 g/mol. The molecule has 142 valence electrons. The van der Waals surface area contributed by atoms with Gasteiger partial charge in [0.1, 0.15) is 0 Å². The Labute approximate surface area is 163 Å². The molecule has 0 aromatic heterocycles. The summed E-state index contributed by atoms with van der Waals surface area (Å²) >= 11 is 0. The first kappa shape index (κ1) is 19.3. The van der Waals surface area contributed by atoms with Crippen LogP contribution in [0.1, 0.15) is 22.8 Å². The lowest BCUT2D eigenvalue weighted by Gasteiger charge is -2.16. The molecular weight excluding hydrogens is 354 g/mol. The monoisotopic (exact) mass is 375 g/mol. The Morgan fingerprint density at radius 1 is 0.893 bits per heavy atom. The molecule has 0 spiro atoms. The minimum Gasteiger partial charge on any atom is -0.452 e. The van der Waals surface area contributed by atoms with Crippen LogP contribution in [0.25, 0.3) is 10.8 Å². The van der Waals surface area contributed by atoms with Crippen molar-refractivity contribution >= 4 is 28.4 Å². The van der Waals surface area contributed by atoms with Crippen molar-refractivity contribution in [2.75, 3.05) is 6.61 Å². The quantitative estimate of drug-likeness (QED) is 0.643. The van der Waals surface area contributed by atoms with Gasteiger partial charge in [0, 0.05) is 0 Å². The summed E-state index contributed by atoms with van der Waals surface area (Å²) in [5.41, 5.74) is 1.31. The average Bonchev–Trinajstić information content (AvgIpc) is 2.72. The van der Waals surface area contributed by atoms with E-state index in [1.165, 1.54) is 6.92 Å². The van der Waals surface area contributed by atoms with Crippen molar-refractivity contribution in [2.24, 2.45) is 0 Å². The first-order valence-corrected chi connectivity index (χ1v) is 9.02. The van der Waals surface area contributed by atoms with E-state index in [-0.39, 0.29) is 5.78 Å². The van der Waals surface area contributed by atoms with E-state index in [2.05, 4.69) is 5.32 Å². The van der Waals surface area contributed by atoms with Gasteiger partial charge in [-0.2, -0.15) is 0 Å². The van der Waals surface area contributed by atoms with E-state index in [0.717, 1.165) is 16.3 Å². The Hall–Kier alpha value is -3.47. The SMILES string of the molecule is CC(=O)[C@H](Cc1ccccc1)NC(=O)COC(=O)c1ccc2ccccc2c1. The van der Waals surface area contributed by atoms with E-state index in [4.69, 9.17) is 4.74 Å². The summed E-state index contributed by atoms with van der Waals surface area (Å²) in [6.45, 7) is 0.985. The van der Waals surface area contributed by atoms with E-state index in [1.807, 2.05) is 60.7 Å². The number of hydrogen-bond acceptors (Lipinski definition) is 4. The maximum Gasteiger partial charge on any atom is 0.338 e. The maximum atomic E-state index is 12.2. The van der Waals surface area contributed by atoms with Crippen LogP contribution < -0.4 is 5.32 Å². The van der Waals surface area contributed by atoms with E-state index >= 15 is 0 Å². The number of nitrogens with one attached hydrogen (secondary N) is 1. The first-order valence-electron chi connectivity index (χ1n) is 9.02. The van der Waals surface area contributed by atoms with Crippen molar-refractivity contribution in [3.05, 3.63) is 83.9 Å². The summed E-state index contributed by atoms with van der Waals surface area (Å²) in [5, 5.41) is 4.57. The maximum absolute atomic E-state index is 12.2. The lowest BCUT2D eigenvalue weighted by Crippen LogP contribution is -2.43. The number of Topliss-reactive ketones (excluding diaryl/α,β-unsaturated/α-hetero) is 1. The number of carbonyl (C=O) groups excluding carboxylic acids is 3. The van der Waals surface area contributed by atoms with Gasteiger partial charge in [0.25, 0.3) is 5.91 Å². The van der Waals surface area contributed by atoms with Crippen molar-refractivity contribution < 1.29 is 19.1 Å². The van der Waals surface area contributed by atoms with Crippen LogP contribution in [0, 0.1) is 0 Å². The van der Waals surface area contributed by atoms with Crippen molar-refractivity contribution in [2.45, 2.75) is 19.4 Å². The highest BCUT2D eigenvalue weighted by Crippen LogP contribution is 2.16. The van der Waals surface area contributed by atoms with Gasteiger partial charge in [-0.15, -0.1) is 0 Å². The zero-order valence-corrected chi connectivity index (χ0v) is 15.6. The smallest absolute Gasteiger partial charge is 0.338 e. The Bertz CT molecular complexity index is 998. The molecule has 0 aliphatic rings. The van der Waals surface area contributed by atoms with E-state index < -0.39 is 24.5 Å². The Balaban J connectivity index is 1.57. The number of amides is 1. The molecule has 28 heavy (non-hydrogen) atoms. The largest absolute Gasteiger partial charge is 0.452 e. The van der Waals surface area contributed by atoms with Gasteiger partial charge in [-0.1, -0.05) is 60.7 Å². The standard InChI is InChI=1S/C23H21NO4/c1-16(25)21(13-17-7-3-2-4-8-17)24-22(26)15-28-23(27)20-12-11-18-9-5-6-10-19(18)14-20/h2-12,14,21H,13,15H2,1H3,(H,24,26)/t21-/m0/s1. The zero-order valence-electron chi connectivity index (χ0n) is 15.6. The molecule has 5 heteroatoms. The number of ether oxygens (including phenoxy) is 1. The highest BCUT2D eigenvalue weighted by molar-refractivity contribution is 5.96. The van der Waals surface area contributed by atoms with Gasteiger partial charge in [0.05, 0.1) is 11.6 Å². The number of rotatable bonds is 7. The summed E-state index contributed by atoms with van der Waals surface area (Å²) in [7, 11) is 0. The molecular formula is C23H21NO4. The number of carbonyl (C=O) groups is 3. The predicted octanol–water partition coefficient (Wildman–Crippen LogP) is 3.31. The van der Waals surface area contributed by atoms with Gasteiger partial charge in [-0.05, 0) is 41.8 Å². The number of fused-ring (bicyclic) bond motifs is 1. The number of hydrogen-bond donors (Lipinski definition) is 1. The molecule has 5 nitrogen and oxygen atoms in total. The van der Waals surface area contributed by atoms with Crippen LogP contribution in [0.5, 0.6) is 0 Å². The summed E-state index contributed by atoms with van der Waals surface area (Å²) in [4.78, 5) is 36.2.